The molecule has 1 saturated heterocycles. The molecule has 0 spiro atoms. The molecule has 0 radical (unpaired) electrons. The molecule has 7 nitrogen and oxygen atoms in total. The molecule has 3 rings (SSSR count). The van der Waals surface area contributed by atoms with Crippen LogP contribution in [0.25, 0.3) is 0 Å². The van der Waals surface area contributed by atoms with E-state index in [9.17, 15) is 8.42 Å². The van der Waals surface area contributed by atoms with Gasteiger partial charge in [-0.05, 0) is 50.2 Å². The predicted molar refractivity (Wildman–Crippen MR) is 141 cm³/mol. The summed E-state index contributed by atoms with van der Waals surface area (Å²) < 4.78 is 32.5. The Morgan fingerprint density at radius 2 is 1.88 bits per heavy atom. The lowest BCUT2D eigenvalue weighted by atomic mass is 9.97. The van der Waals surface area contributed by atoms with Crippen molar-refractivity contribution in [1.82, 2.24) is 14.9 Å². The Bertz CT molecular complexity index is 868. The Labute approximate surface area is 210 Å². The zero-order chi connectivity index (χ0) is 21.9. The van der Waals surface area contributed by atoms with Gasteiger partial charge in [-0.2, -0.15) is 4.31 Å². The van der Waals surface area contributed by atoms with Gasteiger partial charge >= 0.3 is 0 Å². The summed E-state index contributed by atoms with van der Waals surface area (Å²) in [7, 11) is -3.37. The lowest BCUT2D eigenvalue weighted by molar-refractivity contribution is 0.0729. The third-order valence-electron chi connectivity index (χ3n) is 5.70. The second-order valence-corrected chi connectivity index (χ2v) is 9.99. The molecule has 1 aromatic rings. The second kappa shape index (κ2) is 14.2. The summed E-state index contributed by atoms with van der Waals surface area (Å²) in [6.45, 7) is 5.88. The van der Waals surface area contributed by atoms with E-state index in [0.717, 1.165) is 36.6 Å². The molecule has 0 bridgehead atoms. The van der Waals surface area contributed by atoms with Gasteiger partial charge in [-0.1, -0.05) is 35.9 Å². The molecule has 32 heavy (non-hydrogen) atoms. The Hall–Kier alpha value is -1.17. The number of aliphatic imine (C=N–C) groups is 1. The van der Waals surface area contributed by atoms with Gasteiger partial charge in [-0.3, -0.25) is 0 Å². The number of halogens is 1. The first-order valence-electron chi connectivity index (χ1n) is 11.4. The van der Waals surface area contributed by atoms with Crippen molar-refractivity contribution in [3.05, 3.63) is 47.0 Å². The van der Waals surface area contributed by atoms with Crippen molar-refractivity contribution < 1.29 is 13.2 Å². The van der Waals surface area contributed by atoms with Crippen LogP contribution in [0.5, 0.6) is 0 Å². The molecule has 1 aliphatic carbocycles. The minimum absolute atomic E-state index is 0. The van der Waals surface area contributed by atoms with E-state index in [-0.39, 0.29) is 29.7 Å². The largest absolute Gasteiger partial charge is 0.379 e. The number of nitrogens with zero attached hydrogens (tertiary/aromatic N) is 2. The first-order valence-corrected chi connectivity index (χ1v) is 13.0. The molecule has 0 atom stereocenters. The van der Waals surface area contributed by atoms with Crippen LogP contribution in [0.3, 0.4) is 0 Å². The number of morpholine rings is 1. The third kappa shape index (κ3) is 8.64. The maximum Gasteiger partial charge on any atom is 0.218 e. The Balaban J connectivity index is 0.00000363. The molecule has 1 aromatic carbocycles. The average molecular weight is 577 g/mol. The minimum atomic E-state index is -3.37. The molecule has 1 heterocycles. The molecule has 180 valence electrons. The number of rotatable bonds is 9. The Morgan fingerprint density at radius 3 is 2.56 bits per heavy atom. The van der Waals surface area contributed by atoms with Gasteiger partial charge in [0.2, 0.25) is 10.0 Å². The molecule has 0 aromatic heterocycles. The van der Waals surface area contributed by atoms with Crippen LogP contribution in [0.2, 0.25) is 0 Å². The van der Waals surface area contributed by atoms with Gasteiger partial charge in [0.1, 0.15) is 0 Å². The highest BCUT2D eigenvalue weighted by Gasteiger charge is 2.25. The fraction of sp³-hybridized carbons (Fsp3) is 0.609. The number of ether oxygens (including phenoxy) is 1. The summed E-state index contributed by atoms with van der Waals surface area (Å²) in [5, 5.41) is 6.70. The molecule has 1 fully saturated rings. The second-order valence-electron chi connectivity index (χ2n) is 8.02. The molecular formula is C23H37IN4O3S. The quantitative estimate of drug-likeness (QED) is 0.204. The molecule has 0 saturated carbocycles. The van der Waals surface area contributed by atoms with Crippen LogP contribution in [0.4, 0.5) is 0 Å². The summed E-state index contributed by atoms with van der Waals surface area (Å²) in [5.41, 5.74) is 3.28. The highest BCUT2D eigenvalue weighted by molar-refractivity contribution is 14.0. The fourth-order valence-corrected chi connectivity index (χ4v) is 5.51. The van der Waals surface area contributed by atoms with Crippen LogP contribution < -0.4 is 10.6 Å². The van der Waals surface area contributed by atoms with Gasteiger partial charge in [0, 0.05) is 26.2 Å². The van der Waals surface area contributed by atoms with E-state index in [2.05, 4.69) is 16.7 Å². The number of benzene rings is 1. The Morgan fingerprint density at radius 1 is 1.12 bits per heavy atom. The van der Waals surface area contributed by atoms with E-state index >= 15 is 0 Å². The van der Waals surface area contributed by atoms with Gasteiger partial charge in [-0.15, -0.1) is 24.0 Å². The highest BCUT2D eigenvalue weighted by Crippen LogP contribution is 2.19. The first-order chi connectivity index (χ1) is 15.1. The van der Waals surface area contributed by atoms with Crippen LogP contribution in [-0.4, -0.2) is 58.1 Å². The maximum absolute atomic E-state index is 12.8. The average Bonchev–Trinajstić information content (AvgIpc) is 2.79. The van der Waals surface area contributed by atoms with E-state index in [1.807, 2.05) is 31.2 Å². The number of sulfonamides is 1. The van der Waals surface area contributed by atoms with E-state index in [1.165, 1.54) is 35.6 Å². The molecule has 2 N–H and O–H groups in total. The van der Waals surface area contributed by atoms with Crippen molar-refractivity contribution in [2.24, 2.45) is 4.99 Å². The molecule has 9 heteroatoms. The van der Waals surface area contributed by atoms with Gasteiger partial charge in [0.05, 0.1) is 25.5 Å². The predicted octanol–water partition coefficient (Wildman–Crippen LogP) is 3.41. The van der Waals surface area contributed by atoms with Crippen molar-refractivity contribution >= 4 is 40.0 Å². The third-order valence-corrected chi connectivity index (χ3v) is 7.52. The summed E-state index contributed by atoms with van der Waals surface area (Å²) in [6.07, 6.45) is 8.43. The lowest BCUT2D eigenvalue weighted by Gasteiger charge is -2.26. The molecule has 0 amide bonds. The molecular weight excluding hydrogens is 539 g/mol. The zero-order valence-electron chi connectivity index (χ0n) is 19.0. The van der Waals surface area contributed by atoms with E-state index in [4.69, 9.17) is 9.73 Å². The van der Waals surface area contributed by atoms with Crippen LogP contribution in [0, 0.1) is 0 Å². The fourth-order valence-electron chi connectivity index (χ4n) is 3.94. The van der Waals surface area contributed by atoms with Gasteiger partial charge < -0.3 is 15.4 Å². The summed E-state index contributed by atoms with van der Waals surface area (Å²) >= 11 is 0. The van der Waals surface area contributed by atoms with Crippen molar-refractivity contribution in [1.29, 1.82) is 0 Å². The van der Waals surface area contributed by atoms with Gasteiger partial charge in [-0.25, -0.2) is 13.4 Å². The van der Waals surface area contributed by atoms with Gasteiger partial charge in [0.25, 0.3) is 0 Å². The normalized spacial score (nSPS) is 17.9. The maximum atomic E-state index is 12.8. The number of guanidine groups is 1. The molecule has 2 aliphatic rings. The summed E-state index contributed by atoms with van der Waals surface area (Å²) in [6, 6.07) is 7.67. The topological polar surface area (TPSA) is 83.0 Å². The van der Waals surface area contributed by atoms with Crippen molar-refractivity contribution in [3.8, 4) is 0 Å². The van der Waals surface area contributed by atoms with Crippen molar-refractivity contribution in [2.45, 2.75) is 51.3 Å². The van der Waals surface area contributed by atoms with Crippen LogP contribution >= 0.6 is 24.0 Å². The monoisotopic (exact) mass is 576 g/mol. The van der Waals surface area contributed by atoms with Crippen LogP contribution in [0.1, 0.15) is 50.2 Å². The number of nitrogens with one attached hydrogen (secondary N) is 2. The number of allylic oxidation sites excluding steroid dienone is 1. The van der Waals surface area contributed by atoms with E-state index in [0.29, 0.717) is 32.8 Å². The van der Waals surface area contributed by atoms with E-state index < -0.39 is 10.0 Å². The molecule has 1 aliphatic heterocycles. The number of hydrogen-bond donors (Lipinski definition) is 2. The van der Waals surface area contributed by atoms with Crippen molar-refractivity contribution in [3.63, 3.8) is 0 Å². The standard InChI is InChI=1S/C23H36N4O3S.HI/c1-2-24-23(25-13-12-20-8-4-3-5-9-20)26-18-21-10-6-7-11-22(21)19-31(28,29)27-14-16-30-17-15-27;/h6-8,10-11H,2-5,9,12-19H2,1H3,(H2,24,25,26);1H. The first kappa shape index (κ1) is 27.1. The molecule has 0 unspecified atom stereocenters. The van der Waals surface area contributed by atoms with Crippen molar-refractivity contribution in [2.75, 3.05) is 39.4 Å². The summed E-state index contributed by atoms with van der Waals surface area (Å²) in [5.74, 6) is 0.765. The SMILES string of the molecule is CCNC(=NCc1ccccc1CS(=O)(=O)N1CCOCC1)NCCC1=CCCCC1.I. The van der Waals surface area contributed by atoms with Crippen LogP contribution in [0.15, 0.2) is 40.9 Å². The lowest BCUT2D eigenvalue weighted by Crippen LogP contribution is -2.41. The van der Waals surface area contributed by atoms with E-state index in [1.54, 1.807) is 0 Å². The summed E-state index contributed by atoms with van der Waals surface area (Å²) in [4.78, 5) is 4.72. The van der Waals surface area contributed by atoms with Crippen LogP contribution in [-0.2, 0) is 27.1 Å². The highest BCUT2D eigenvalue weighted by atomic mass is 127. The Kier molecular flexibility index (Phi) is 12.0. The smallest absolute Gasteiger partial charge is 0.218 e. The zero-order valence-corrected chi connectivity index (χ0v) is 22.2. The minimum Gasteiger partial charge on any atom is -0.379 e. The van der Waals surface area contributed by atoms with Gasteiger partial charge in [0.15, 0.2) is 5.96 Å². The number of hydrogen-bond acceptors (Lipinski definition) is 4.